The number of amidine groups is 2. The molecule has 2 heterocycles. The highest BCUT2D eigenvalue weighted by Gasteiger charge is 2.43. The van der Waals surface area contributed by atoms with Gasteiger partial charge in [-0.05, 0) is 51.0 Å². The van der Waals surface area contributed by atoms with Crippen LogP contribution in [0, 0.1) is 18.3 Å². The number of thioether (sulfide) groups is 1. The van der Waals surface area contributed by atoms with E-state index < -0.39 is 0 Å². The van der Waals surface area contributed by atoms with Crippen molar-refractivity contribution in [3.05, 3.63) is 28.8 Å². The van der Waals surface area contributed by atoms with Crippen molar-refractivity contribution in [2.75, 3.05) is 10.7 Å². The number of carbonyl (C=O) groups is 1. The van der Waals surface area contributed by atoms with Crippen molar-refractivity contribution in [2.24, 2.45) is 10.9 Å². The summed E-state index contributed by atoms with van der Waals surface area (Å²) in [6.07, 6.45) is 0.669. The van der Waals surface area contributed by atoms with Gasteiger partial charge >= 0.3 is 0 Å². The third kappa shape index (κ3) is 4.35. The highest BCUT2D eigenvalue weighted by atomic mass is 35.5. The second kappa shape index (κ2) is 8.82. The number of aryl methyl sites for hydroxylation is 1. The minimum absolute atomic E-state index is 0.0335. The zero-order valence-electron chi connectivity index (χ0n) is 16.5. The van der Waals surface area contributed by atoms with E-state index in [4.69, 9.17) is 22.0 Å². The summed E-state index contributed by atoms with van der Waals surface area (Å²) in [5.41, 5.74) is 8.08. The summed E-state index contributed by atoms with van der Waals surface area (Å²) in [5, 5.41) is 13.1. The summed E-state index contributed by atoms with van der Waals surface area (Å²) in [6.45, 7) is 7.99. The number of halogens is 1. The lowest BCUT2D eigenvalue weighted by Gasteiger charge is -2.36. The van der Waals surface area contributed by atoms with Gasteiger partial charge in [0, 0.05) is 22.8 Å². The lowest BCUT2D eigenvalue weighted by atomic mass is 9.97. The molecule has 2 aliphatic rings. The molecule has 1 saturated heterocycles. The fourth-order valence-corrected chi connectivity index (χ4v) is 4.25. The topological polar surface area (TPSA) is 92.6 Å². The van der Waals surface area contributed by atoms with E-state index in [-0.39, 0.29) is 35.8 Å². The van der Waals surface area contributed by atoms with Crippen molar-refractivity contribution in [1.82, 2.24) is 16.2 Å². The predicted octanol–water partition coefficient (Wildman–Crippen LogP) is 2.89. The molecule has 28 heavy (non-hydrogen) atoms. The van der Waals surface area contributed by atoms with Gasteiger partial charge in [-0.25, -0.2) is 10.4 Å². The molecule has 1 amide bonds. The Bertz CT molecular complexity index is 801. The Hall–Kier alpha value is -1.61. The second-order valence-corrected chi connectivity index (χ2v) is 8.63. The summed E-state index contributed by atoms with van der Waals surface area (Å²) in [7, 11) is 0. The quantitative estimate of drug-likeness (QED) is 0.585. The molecule has 7 nitrogen and oxygen atoms in total. The van der Waals surface area contributed by atoms with E-state index in [0.29, 0.717) is 16.0 Å². The molecule has 4 atom stereocenters. The van der Waals surface area contributed by atoms with Gasteiger partial charge in [-0.1, -0.05) is 30.3 Å². The van der Waals surface area contributed by atoms with E-state index in [1.165, 1.54) is 11.8 Å². The maximum absolute atomic E-state index is 12.3. The molecule has 0 spiro atoms. The highest BCUT2D eigenvalue weighted by molar-refractivity contribution is 8.14. The van der Waals surface area contributed by atoms with Crippen molar-refractivity contribution in [3.63, 3.8) is 0 Å². The SMILES string of the molecule is CCC(C)NC(=O)CSC1=NC2NNC(C)C2C(=N)N1c1ccc(Cl)c(C)c1. The Balaban J connectivity index is 1.87. The molecule has 4 N–H and O–H groups in total. The third-order valence-electron chi connectivity index (χ3n) is 5.09. The summed E-state index contributed by atoms with van der Waals surface area (Å²) in [4.78, 5) is 18.9. The molecule has 3 rings (SSSR count). The Morgan fingerprint density at radius 3 is 2.89 bits per heavy atom. The van der Waals surface area contributed by atoms with Crippen molar-refractivity contribution >= 4 is 46.0 Å². The van der Waals surface area contributed by atoms with Crippen LogP contribution in [0.2, 0.25) is 5.02 Å². The molecule has 1 fully saturated rings. The predicted molar refractivity (Wildman–Crippen MR) is 117 cm³/mol. The van der Waals surface area contributed by atoms with E-state index in [0.717, 1.165) is 17.7 Å². The summed E-state index contributed by atoms with van der Waals surface area (Å²) < 4.78 is 0. The van der Waals surface area contributed by atoms with Crippen LogP contribution in [-0.4, -0.2) is 40.9 Å². The third-order valence-corrected chi connectivity index (χ3v) is 6.46. The van der Waals surface area contributed by atoms with E-state index in [2.05, 4.69) is 16.2 Å². The van der Waals surface area contributed by atoms with Crippen LogP contribution in [0.3, 0.4) is 0 Å². The number of hydrogen-bond donors (Lipinski definition) is 4. The molecular formula is C19H27ClN6OS. The van der Waals surface area contributed by atoms with Crippen LogP contribution in [0.15, 0.2) is 23.2 Å². The first kappa shape index (κ1) is 21.1. The van der Waals surface area contributed by atoms with E-state index >= 15 is 0 Å². The second-order valence-electron chi connectivity index (χ2n) is 7.28. The number of anilines is 1. The van der Waals surface area contributed by atoms with Gasteiger partial charge in [-0.3, -0.25) is 20.5 Å². The number of amides is 1. The first-order chi connectivity index (χ1) is 13.3. The summed E-state index contributed by atoms with van der Waals surface area (Å²) in [5.74, 6) is 0.583. The number of aliphatic imine (C=N–C) groups is 1. The molecule has 1 aromatic rings. The maximum atomic E-state index is 12.3. The van der Waals surface area contributed by atoms with Crippen LogP contribution in [0.25, 0.3) is 0 Å². The number of rotatable bonds is 5. The van der Waals surface area contributed by atoms with E-state index in [9.17, 15) is 4.79 Å². The average Bonchev–Trinajstić information content (AvgIpc) is 3.03. The Kier molecular flexibility index (Phi) is 6.65. The van der Waals surface area contributed by atoms with Crippen molar-refractivity contribution in [1.29, 1.82) is 5.41 Å². The fraction of sp³-hybridized carbons (Fsp3) is 0.526. The largest absolute Gasteiger partial charge is 0.353 e. The van der Waals surface area contributed by atoms with Gasteiger partial charge in [0.05, 0.1) is 11.7 Å². The molecule has 2 aliphatic heterocycles. The molecule has 9 heteroatoms. The highest BCUT2D eigenvalue weighted by Crippen LogP contribution is 2.33. The van der Waals surface area contributed by atoms with Crippen molar-refractivity contribution in [3.8, 4) is 0 Å². The van der Waals surface area contributed by atoms with E-state index in [1.54, 1.807) is 0 Å². The number of nitrogens with one attached hydrogen (secondary N) is 4. The monoisotopic (exact) mass is 422 g/mol. The average molecular weight is 423 g/mol. The van der Waals surface area contributed by atoms with Gasteiger partial charge < -0.3 is 5.32 Å². The number of nitrogens with zero attached hydrogens (tertiary/aromatic N) is 2. The van der Waals surface area contributed by atoms with Crippen LogP contribution in [0.5, 0.6) is 0 Å². The molecular weight excluding hydrogens is 396 g/mol. The molecule has 152 valence electrons. The number of fused-ring (bicyclic) bond motifs is 1. The van der Waals surface area contributed by atoms with Gasteiger partial charge in [0.25, 0.3) is 0 Å². The van der Waals surface area contributed by atoms with E-state index in [1.807, 2.05) is 50.8 Å². The van der Waals surface area contributed by atoms with Gasteiger partial charge in [-0.2, -0.15) is 0 Å². The summed E-state index contributed by atoms with van der Waals surface area (Å²) in [6, 6.07) is 5.89. The lowest BCUT2D eigenvalue weighted by molar-refractivity contribution is -0.119. The Morgan fingerprint density at radius 2 is 2.21 bits per heavy atom. The molecule has 0 bridgehead atoms. The van der Waals surface area contributed by atoms with Gasteiger partial charge in [0.1, 0.15) is 12.0 Å². The lowest BCUT2D eigenvalue weighted by Crippen LogP contribution is -2.50. The molecule has 1 aromatic carbocycles. The molecule has 0 saturated carbocycles. The normalized spacial score (nSPS) is 25.3. The van der Waals surface area contributed by atoms with Gasteiger partial charge in [0.15, 0.2) is 5.17 Å². The van der Waals surface area contributed by atoms with Gasteiger partial charge in [0.2, 0.25) is 5.91 Å². The number of hydrazine groups is 1. The first-order valence-electron chi connectivity index (χ1n) is 9.47. The summed E-state index contributed by atoms with van der Waals surface area (Å²) >= 11 is 7.54. The number of benzene rings is 1. The molecule has 0 aromatic heterocycles. The van der Waals surface area contributed by atoms with Crippen LogP contribution in [0.1, 0.15) is 32.8 Å². The van der Waals surface area contributed by atoms with Crippen LogP contribution in [-0.2, 0) is 4.79 Å². The zero-order chi connectivity index (χ0) is 20.4. The molecule has 4 unspecified atom stereocenters. The smallest absolute Gasteiger partial charge is 0.230 e. The molecule has 0 radical (unpaired) electrons. The fourth-order valence-electron chi connectivity index (χ4n) is 3.27. The van der Waals surface area contributed by atoms with Crippen LogP contribution in [0.4, 0.5) is 5.69 Å². The first-order valence-corrected chi connectivity index (χ1v) is 10.8. The van der Waals surface area contributed by atoms with Crippen molar-refractivity contribution in [2.45, 2.75) is 52.4 Å². The van der Waals surface area contributed by atoms with Crippen LogP contribution >= 0.6 is 23.4 Å². The Morgan fingerprint density at radius 1 is 1.46 bits per heavy atom. The molecule has 0 aliphatic carbocycles. The van der Waals surface area contributed by atoms with Crippen molar-refractivity contribution < 1.29 is 4.79 Å². The minimum atomic E-state index is -0.215. The van der Waals surface area contributed by atoms with Gasteiger partial charge in [-0.15, -0.1) is 0 Å². The number of carbonyl (C=O) groups excluding carboxylic acids is 1. The van der Waals surface area contributed by atoms with Crippen LogP contribution < -0.4 is 21.1 Å². The minimum Gasteiger partial charge on any atom is -0.353 e. The maximum Gasteiger partial charge on any atom is 0.230 e. The number of hydrogen-bond acceptors (Lipinski definition) is 6. The zero-order valence-corrected chi connectivity index (χ0v) is 18.1. The standard InChI is InChI=1S/C19H27ClN6OS/c1-5-11(3)22-15(27)9-28-19-23-18-16(12(4)24-25-18)17(21)26(19)13-6-7-14(20)10(2)8-13/h6-8,11-12,16,18,21,24-25H,5,9H2,1-4H3,(H,22,27). The Labute approximate surface area is 175 Å².